The second kappa shape index (κ2) is 7.12. The Morgan fingerprint density at radius 1 is 1.07 bits per heavy atom. The van der Waals surface area contributed by atoms with E-state index in [1.54, 1.807) is 0 Å². The molecule has 1 heterocycles. The minimum Gasteiger partial charge on any atom is -0.274 e. The summed E-state index contributed by atoms with van der Waals surface area (Å²) in [7, 11) is -2.85. The predicted molar refractivity (Wildman–Crippen MR) is 94.3 cm³/mol. The summed E-state index contributed by atoms with van der Waals surface area (Å²) >= 11 is 0. The number of benzene rings is 2. The van der Waals surface area contributed by atoms with E-state index >= 15 is 0 Å². The zero-order valence-electron chi connectivity index (χ0n) is 14.7. The molecule has 0 bridgehead atoms. The van der Waals surface area contributed by atoms with Gasteiger partial charge in [0.15, 0.2) is 0 Å². The molecule has 2 aromatic carbocycles. The van der Waals surface area contributed by atoms with Crippen molar-refractivity contribution >= 4 is 15.9 Å². The summed E-state index contributed by atoms with van der Waals surface area (Å²) in [6.45, 7) is 1.38. The van der Waals surface area contributed by atoms with E-state index in [1.807, 2.05) is 4.72 Å². The molecule has 0 fully saturated rings. The highest BCUT2D eigenvalue weighted by molar-refractivity contribution is 7.90. The van der Waals surface area contributed by atoms with Crippen LogP contribution >= 0.6 is 0 Å². The van der Waals surface area contributed by atoms with Gasteiger partial charge in [0.2, 0.25) is 0 Å². The maximum absolute atomic E-state index is 14.1. The van der Waals surface area contributed by atoms with Crippen LogP contribution < -0.4 is 4.72 Å². The molecule has 1 N–H and O–H groups in total. The summed E-state index contributed by atoms with van der Waals surface area (Å²) in [5.74, 6) is -3.41. The first-order valence-corrected chi connectivity index (χ1v) is 9.39. The van der Waals surface area contributed by atoms with Gasteiger partial charge in [-0.05, 0) is 42.8 Å². The second-order valence-corrected chi connectivity index (χ2v) is 7.72. The number of carbonyl (C=O) groups is 1. The van der Waals surface area contributed by atoms with Crippen molar-refractivity contribution in [1.82, 2.24) is 14.5 Å². The van der Waals surface area contributed by atoms with Gasteiger partial charge in [-0.2, -0.15) is 5.10 Å². The fourth-order valence-electron chi connectivity index (χ4n) is 2.56. The number of amides is 1. The Morgan fingerprint density at radius 2 is 1.79 bits per heavy atom. The molecule has 0 unspecified atom stereocenters. The summed E-state index contributed by atoms with van der Waals surface area (Å²) in [6.07, 6.45) is 1.21. The lowest BCUT2D eigenvalue weighted by atomic mass is 10.1. The van der Waals surface area contributed by atoms with Gasteiger partial charge in [-0.3, -0.25) is 9.48 Å². The Hall–Kier alpha value is -3.14. The number of nitrogens with one attached hydrogen (secondary N) is 1. The number of sulfonamides is 1. The van der Waals surface area contributed by atoms with Crippen LogP contribution in [0.15, 0.2) is 47.5 Å². The van der Waals surface area contributed by atoms with E-state index in [1.165, 1.54) is 24.9 Å². The number of halogens is 3. The van der Waals surface area contributed by atoms with E-state index in [2.05, 4.69) is 5.10 Å². The van der Waals surface area contributed by atoms with E-state index in [4.69, 9.17) is 0 Å². The SMILES string of the molecule is Cc1cc(S(=O)(=O)NC(=O)c2cn(C)nc2-c2ccc(F)cc2F)ccc1F. The van der Waals surface area contributed by atoms with Crippen LogP contribution in [0, 0.1) is 24.4 Å². The van der Waals surface area contributed by atoms with Gasteiger partial charge in [0.25, 0.3) is 15.9 Å². The summed E-state index contributed by atoms with van der Waals surface area (Å²) in [5, 5.41) is 3.97. The third-order valence-electron chi connectivity index (χ3n) is 3.93. The van der Waals surface area contributed by atoms with Crippen molar-refractivity contribution < 1.29 is 26.4 Å². The van der Waals surface area contributed by atoms with Gasteiger partial charge in [-0.15, -0.1) is 0 Å². The molecule has 0 saturated heterocycles. The molecule has 6 nitrogen and oxygen atoms in total. The van der Waals surface area contributed by atoms with Gasteiger partial charge in [-0.1, -0.05) is 0 Å². The molecular weight excluding hydrogens is 395 g/mol. The highest BCUT2D eigenvalue weighted by atomic mass is 32.2. The van der Waals surface area contributed by atoms with Gasteiger partial charge in [0, 0.05) is 24.9 Å². The highest BCUT2D eigenvalue weighted by Gasteiger charge is 2.25. The van der Waals surface area contributed by atoms with Crippen LogP contribution in [0.4, 0.5) is 13.2 Å². The van der Waals surface area contributed by atoms with Gasteiger partial charge in [-0.25, -0.2) is 26.3 Å². The van der Waals surface area contributed by atoms with E-state index < -0.39 is 33.4 Å². The van der Waals surface area contributed by atoms with Crippen LogP contribution in [0.5, 0.6) is 0 Å². The zero-order valence-corrected chi connectivity index (χ0v) is 15.5. The number of carbonyl (C=O) groups excluding carboxylic acids is 1. The minimum atomic E-state index is -4.31. The molecule has 0 aliphatic rings. The molecule has 0 saturated carbocycles. The van der Waals surface area contributed by atoms with Crippen molar-refractivity contribution in [3.05, 3.63) is 71.2 Å². The molecule has 1 amide bonds. The van der Waals surface area contributed by atoms with Crippen LogP contribution in [-0.2, 0) is 17.1 Å². The van der Waals surface area contributed by atoms with Crippen LogP contribution in [0.3, 0.4) is 0 Å². The fraction of sp³-hybridized carbons (Fsp3) is 0.111. The third-order valence-corrected chi connectivity index (χ3v) is 5.26. The molecule has 0 aliphatic heterocycles. The van der Waals surface area contributed by atoms with Crippen molar-refractivity contribution in [3.63, 3.8) is 0 Å². The minimum absolute atomic E-state index is 0.0887. The molecule has 1 aromatic heterocycles. The van der Waals surface area contributed by atoms with Crippen LogP contribution in [0.2, 0.25) is 0 Å². The summed E-state index contributed by atoms with van der Waals surface area (Å²) in [6, 6.07) is 5.78. The first kappa shape index (κ1) is 19.6. The summed E-state index contributed by atoms with van der Waals surface area (Å²) < 4.78 is 68.5. The molecule has 10 heteroatoms. The summed E-state index contributed by atoms with van der Waals surface area (Å²) in [4.78, 5) is 12.2. The number of aromatic nitrogens is 2. The topological polar surface area (TPSA) is 81.1 Å². The number of hydrogen-bond donors (Lipinski definition) is 1. The van der Waals surface area contributed by atoms with Gasteiger partial charge >= 0.3 is 0 Å². The Kier molecular flexibility index (Phi) is 4.99. The Labute approximate surface area is 158 Å². The number of aryl methyl sites for hydroxylation is 2. The lowest BCUT2D eigenvalue weighted by Crippen LogP contribution is -2.30. The zero-order chi connectivity index (χ0) is 20.6. The van der Waals surface area contributed by atoms with Crippen molar-refractivity contribution in [1.29, 1.82) is 0 Å². The molecule has 28 heavy (non-hydrogen) atoms. The number of hydrogen-bond acceptors (Lipinski definition) is 4. The Balaban J connectivity index is 1.98. The average Bonchev–Trinajstić information content (AvgIpc) is 2.98. The van der Waals surface area contributed by atoms with Gasteiger partial charge in [0.05, 0.1) is 10.5 Å². The van der Waals surface area contributed by atoms with E-state index in [9.17, 15) is 26.4 Å². The summed E-state index contributed by atoms with van der Waals surface area (Å²) in [5.41, 5.74) is -0.452. The quantitative estimate of drug-likeness (QED) is 0.719. The molecule has 3 aromatic rings. The van der Waals surface area contributed by atoms with Crippen LogP contribution in [-0.4, -0.2) is 24.1 Å². The molecule has 0 aliphatic carbocycles. The molecule has 3 rings (SSSR count). The maximum atomic E-state index is 14.1. The highest BCUT2D eigenvalue weighted by Crippen LogP contribution is 2.26. The average molecular weight is 409 g/mol. The smallest absolute Gasteiger partial charge is 0.268 e. The fourth-order valence-corrected chi connectivity index (χ4v) is 3.61. The largest absolute Gasteiger partial charge is 0.274 e. The standard InChI is InChI=1S/C18H14F3N3O3S/c1-10-7-12(4-6-15(10)20)28(26,27)23-18(25)14-9-24(2)22-17(14)13-5-3-11(19)8-16(13)21/h3-9H,1-2H3,(H,23,25). The monoisotopic (exact) mass is 409 g/mol. The van der Waals surface area contributed by atoms with Crippen molar-refractivity contribution in [2.24, 2.45) is 7.05 Å². The molecule has 0 spiro atoms. The van der Waals surface area contributed by atoms with Crippen LogP contribution in [0.25, 0.3) is 11.3 Å². The Morgan fingerprint density at radius 3 is 2.43 bits per heavy atom. The second-order valence-electron chi connectivity index (χ2n) is 6.03. The molecule has 0 radical (unpaired) electrons. The third kappa shape index (κ3) is 3.77. The maximum Gasteiger partial charge on any atom is 0.268 e. The van der Waals surface area contributed by atoms with E-state index in [0.717, 1.165) is 30.3 Å². The van der Waals surface area contributed by atoms with Crippen molar-refractivity contribution in [3.8, 4) is 11.3 Å². The first-order valence-electron chi connectivity index (χ1n) is 7.91. The predicted octanol–water partition coefficient (Wildman–Crippen LogP) is 2.93. The van der Waals surface area contributed by atoms with Gasteiger partial charge in [0.1, 0.15) is 23.1 Å². The molecule has 146 valence electrons. The van der Waals surface area contributed by atoms with Gasteiger partial charge < -0.3 is 0 Å². The molecule has 0 atom stereocenters. The van der Waals surface area contributed by atoms with E-state index in [-0.39, 0.29) is 27.3 Å². The van der Waals surface area contributed by atoms with Crippen molar-refractivity contribution in [2.45, 2.75) is 11.8 Å². The van der Waals surface area contributed by atoms with Crippen molar-refractivity contribution in [2.75, 3.05) is 0 Å². The van der Waals surface area contributed by atoms with E-state index in [0.29, 0.717) is 6.07 Å². The lowest BCUT2D eigenvalue weighted by molar-refractivity contribution is 0.0982. The normalized spacial score (nSPS) is 11.5. The lowest BCUT2D eigenvalue weighted by Gasteiger charge is -2.08. The van der Waals surface area contributed by atoms with Crippen LogP contribution in [0.1, 0.15) is 15.9 Å². The molecular formula is C18H14F3N3O3S. The Bertz CT molecular complexity index is 1190. The number of rotatable bonds is 4. The number of nitrogens with zero attached hydrogens (tertiary/aromatic N) is 2. The first-order chi connectivity index (χ1) is 13.1.